The second-order valence-corrected chi connectivity index (χ2v) is 11.4. The van der Waals surface area contributed by atoms with Crippen molar-refractivity contribution in [1.29, 1.82) is 0 Å². The molecular weight excluding hydrogens is 492 g/mol. The predicted molar refractivity (Wildman–Crippen MR) is 172 cm³/mol. The Bertz CT molecular complexity index is 1310. The minimum absolute atomic E-state index is 0.300. The molecule has 3 nitrogen and oxygen atoms in total. The Morgan fingerprint density at radius 1 is 0.550 bits per heavy atom. The average molecular weight is 543 g/mol. The number of rotatable bonds is 19. The van der Waals surface area contributed by atoms with Crippen LogP contribution >= 0.6 is 0 Å². The first-order valence-electron chi connectivity index (χ1n) is 16.0. The molecule has 2 N–H and O–H groups in total. The third kappa shape index (κ3) is 7.98. The van der Waals surface area contributed by atoms with E-state index in [9.17, 15) is 0 Å². The molecule has 0 saturated carbocycles. The maximum absolute atomic E-state index is 9.09. The number of aliphatic hydroxyl groups is 2. The van der Waals surface area contributed by atoms with Crippen LogP contribution in [0.5, 0.6) is 5.75 Å². The van der Waals surface area contributed by atoms with Crippen molar-refractivity contribution >= 4 is 32.3 Å². The molecule has 40 heavy (non-hydrogen) atoms. The van der Waals surface area contributed by atoms with Crippen LogP contribution in [0.1, 0.15) is 102 Å². The molecule has 216 valence electrons. The molecule has 4 aromatic carbocycles. The topological polar surface area (TPSA) is 49.7 Å². The van der Waals surface area contributed by atoms with E-state index in [1.807, 2.05) is 0 Å². The van der Waals surface area contributed by atoms with Crippen molar-refractivity contribution < 1.29 is 14.9 Å². The minimum Gasteiger partial charge on any atom is -0.493 e. The van der Waals surface area contributed by atoms with E-state index in [2.05, 4.69) is 61.5 Å². The molecule has 4 rings (SSSR count). The number of fused-ring (bicyclic) bond motifs is 6. The normalized spacial score (nSPS) is 11.7. The molecule has 0 radical (unpaired) electrons. The summed E-state index contributed by atoms with van der Waals surface area (Å²) < 4.78 is 6.67. The lowest BCUT2D eigenvalue weighted by Crippen LogP contribution is -2.02. The molecule has 4 aromatic rings. The minimum atomic E-state index is 0.300. The van der Waals surface area contributed by atoms with Gasteiger partial charge >= 0.3 is 0 Å². The predicted octanol–water partition coefficient (Wildman–Crippen LogP) is 9.69. The van der Waals surface area contributed by atoms with Crippen LogP contribution in [0.15, 0.2) is 54.6 Å². The molecular formula is C37H50O3. The van der Waals surface area contributed by atoms with Crippen LogP contribution in [0.25, 0.3) is 32.3 Å². The van der Waals surface area contributed by atoms with E-state index in [0.29, 0.717) is 13.2 Å². The average Bonchev–Trinajstić information content (AvgIpc) is 2.99. The molecule has 0 unspecified atom stereocenters. The lowest BCUT2D eigenvalue weighted by molar-refractivity contribution is 0.282. The van der Waals surface area contributed by atoms with Crippen LogP contribution in [0.4, 0.5) is 0 Å². The summed E-state index contributed by atoms with van der Waals surface area (Å²) in [5, 5.41) is 25.9. The van der Waals surface area contributed by atoms with Crippen molar-refractivity contribution in [2.24, 2.45) is 0 Å². The molecule has 0 spiro atoms. The van der Waals surface area contributed by atoms with Crippen LogP contribution in [0, 0.1) is 0 Å². The highest BCUT2D eigenvalue weighted by Crippen LogP contribution is 2.42. The number of unbranched alkanes of at least 4 members (excludes halogenated alkanes) is 10. The zero-order valence-electron chi connectivity index (χ0n) is 24.7. The number of hydrogen-bond acceptors (Lipinski definition) is 3. The summed E-state index contributed by atoms with van der Waals surface area (Å²) in [7, 11) is 0. The molecule has 0 aliphatic carbocycles. The lowest BCUT2D eigenvalue weighted by atomic mass is 9.90. The van der Waals surface area contributed by atoms with Gasteiger partial charge in [-0.3, -0.25) is 0 Å². The number of aliphatic hydroxyl groups excluding tert-OH is 2. The van der Waals surface area contributed by atoms with E-state index >= 15 is 0 Å². The summed E-state index contributed by atoms with van der Waals surface area (Å²) in [6.07, 6.45) is 16.8. The molecule has 0 heterocycles. The summed E-state index contributed by atoms with van der Waals surface area (Å²) in [6.45, 7) is 3.61. The summed E-state index contributed by atoms with van der Waals surface area (Å²) in [5.74, 6) is 1.09. The van der Waals surface area contributed by atoms with Gasteiger partial charge in [0.25, 0.3) is 0 Å². The van der Waals surface area contributed by atoms with Crippen LogP contribution < -0.4 is 4.74 Å². The maximum Gasteiger partial charge on any atom is 0.130 e. The fourth-order valence-corrected chi connectivity index (χ4v) is 6.08. The highest BCUT2D eigenvalue weighted by Gasteiger charge is 2.16. The third-order valence-electron chi connectivity index (χ3n) is 8.32. The van der Waals surface area contributed by atoms with E-state index in [4.69, 9.17) is 14.9 Å². The van der Waals surface area contributed by atoms with Crippen molar-refractivity contribution in [2.45, 2.75) is 103 Å². The van der Waals surface area contributed by atoms with Gasteiger partial charge in [0.05, 0.1) is 6.61 Å². The molecule has 0 bridgehead atoms. The second-order valence-electron chi connectivity index (χ2n) is 11.4. The van der Waals surface area contributed by atoms with Crippen molar-refractivity contribution in [2.75, 3.05) is 19.8 Å². The van der Waals surface area contributed by atoms with Gasteiger partial charge in [0.2, 0.25) is 0 Å². The van der Waals surface area contributed by atoms with Crippen molar-refractivity contribution in [1.82, 2.24) is 0 Å². The number of benzene rings is 4. The fourth-order valence-electron chi connectivity index (χ4n) is 6.08. The molecule has 0 atom stereocenters. The third-order valence-corrected chi connectivity index (χ3v) is 8.32. The quantitative estimate of drug-likeness (QED) is 0.0916. The van der Waals surface area contributed by atoms with Crippen LogP contribution in [-0.4, -0.2) is 30.0 Å². The monoisotopic (exact) mass is 542 g/mol. The lowest BCUT2D eigenvalue weighted by Gasteiger charge is -2.19. The van der Waals surface area contributed by atoms with E-state index in [1.54, 1.807) is 0 Å². The van der Waals surface area contributed by atoms with Crippen molar-refractivity contribution in [3.63, 3.8) is 0 Å². The van der Waals surface area contributed by atoms with Crippen LogP contribution in [-0.2, 0) is 12.8 Å². The Kier molecular flexibility index (Phi) is 12.6. The Morgan fingerprint density at radius 2 is 1.15 bits per heavy atom. The Balaban J connectivity index is 1.68. The summed E-state index contributed by atoms with van der Waals surface area (Å²) >= 11 is 0. The zero-order chi connectivity index (χ0) is 28.0. The van der Waals surface area contributed by atoms with Gasteiger partial charge < -0.3 is 14.9 Å². The van der Waals surface area contributed by atoms with Gasteiger partial charge in [0.15, 0.2) is 0 Å². The Labute approximate surface area is 241 Å². The maximum atomic E-state index is 9.09. The summed E-state index contributed by atoms with van der Waals surface area (Å²) in [5.41, 5.74) is 2.74. The molecule has 0 amide bonds. The van der Waals surface area contributed by atoms with Crippen LogP contribution in [0.2, 0.25) is 0 Å². The van der Waals surface area contributed by atoms with Gasteiger partial charge in [-0.25, -0.2) is 0 Å². The Hall–Kier alpha value is -2.62. The number of aryl methyl sites for hydroxylation is 2. The number of hydrogen-bond donors (Lipinski definition) is 2. The smallest absolute Gasteiger partial charge is 0.130 e. The van der Waals surface area contributed by atoms with Gasteiger partial charge in [0.1, 0.15) is 5.75 Å². The van der Waals surface area contributed by atoms with Gasteiger partial charge in [0, 0.05) is 18.6 Å². The molecule has 0 saturated heterocycles. The van der Waals surface area contributed by atoms with Crippen molar-refractivity contribution in [3.8, 4) is 5.75 Å². The number of ether oxygens (including phenoxy) is 1. The first kappa shape index (κ1) is 30.3. The van der Waals surface area contributed by atoms with Crippen molar-refractivity contribution in [3.05, 3.63) is 65.7 Å². The zero-order valence-corrected chi connectivity index (χ0v) is 24.7. The van der Waals surface area contributed by atoms with E-state index in [1.165, 1.54) is 88.4 Å². The largest absolute Gasteiger partial charge is 0.493 e. The summed E-state index contributed by atoms with van der Waals surface area (Å²) in [4.78, 5) is 0. The molecule has 0 aliphatic rings. The van der Waals surface area contributed by atoms with E-state index in [-0.39, 0.29) is 0 Å². The second kappa shape index (κ2) is 16.6. The van der Waals surface area contributed by atoms with Gasteiger partial charge in [-0.05, 0) is 83.0 Å². The molecule has 0 aromatic heterocycles. The first-order valence-corrected chi connectivity index (χ1v) is 16.0. The highest BCUT2D eigenvalue weighted by molar-refractivity contribution is 6.27. The van der Waals surface area contributed by atoms with Crippen LogP contribution in [0.3, 0.4) is 0 Å². The summed E-state index contributed by atoms with van der Waals surface area (Å²) in [6, 6.07) is 20.6. The molecule has 0 aliphatic heterocycles. The van der Waals surface area contributed by atoms with Gasteiger partial charge in [-0.15, -0.1) is 0 Å². The van der Waals surface area contributed by atoms with E-state index in [0.717, 1.165) is 63.7 Å². The van der Waals surface area contributed by atoms with Gasteiger partial charge in [-0.2, -0.15) is 0 Å². The standard InChI is InChI=1S/C37H50O3/c1-2-3-16-27-40-37-30(18-11-7-5-9-15-26-39)22-24-34-32-23-21-29(17-10-6-4-8-14-25-38)28-35(32)31-19-12-13-20-33(31)36(34)37/h12-13,19-24,28,38-39H,2-11,14-18,25-27H2,1H3. The molecule has 3 heteroatoms. The molecule has 0 fully saturated rings. The SMILES string of the molecule is CCCCCOc1c(CCCCCCCO)ccc2c3ccc(CCCCCCCO)cc3c3ccccc3c12. The fraction of sp³-hybridized carbons (Fsp3) is 0.514. The highest BCUT2D eigenvalue weighted by atomic mass is 16.5. The van der Waals surface area contributed by atoms with E-state index < -0.39 is 0 Å². The first-order chi connectivity index (χ1) is 19.8. The Morgan fingerprint density at radius 3 is 1.88 bits per heavy atom. The van der Waals surface area contributed by atoms with Gasteiger partial charge in [-0.1, -0.05) is 113 Å².